The van der Waals surface area contributed by atoms with Gasteiger partial charge in [0.1, 0.15) is 0 Å². The van der Waals surface area contributed by atoms with Crippen molar-refractivity contribution in [1.82, 2.24) is 9.88 Å². The number of hydrogen-bond donors (Lipinski definition) is 1. The predicted octanol–water partition coefficient (Wildman–Crippen LogP) is 4.21. The second-order valence-electron chi connectivity index (χ2n) is 6.49. The first-order chi connectivity index (χ1) is 13.8. The lowest BCUT2D eigenvalue weighted by atomic mass is 10.0. The van der Waals surface area contributed by atoms with Crippen LogP contribution in [0.3, 0.4) is 0 Å². The molecule has 0 fully saturated rings. The molecule has 29 heavy (non-hydrogen) atoms. The Hall–Kier alpha value is -3.45. The van der Waals surface area contributed by atoms with E-state index in [-0.39, 0.29) is 34.3 Å². The average molecular weight is 412 g/mol. The van der Waals surface area contributed by atoms with E-state index in [2.05, 4.69) is 5.32 Å². The zero-order valence-electron chi connectivity index (χ0n) is 15.8. The molecule has 2 aromatic carbocycles. The second-order valence-corrected chi connectivity index (χ2v) is 6.90. The highest BCUT2D eigenvalue weighted by atomic mass is 35.5. The van der Waals surface area contributed by atoms with E-state index in [9.17, 15) is 19.7 Å². The van der Waals surface area contributed by atoms with E-state index in [1.54, 1.807) is 35.0 Å². The summed E-state index contributed by atoms with van der Waals surface area (Å²) >= 11 is 6.18. The summed E-state index contributed by atoms with van der Waals surface area (Å²) in [7, 11) is 0. The van der Waals surface area contributed by atoms with Gasteiger partial charge in [-0.1, -0.05) is 23.7 Å². The molecule has 0 bridgehead atoms. The summed E-state index contributed by atoms with van der Waals surface area (Å²) in [6.07, 6.45) is 1.76. The minimum Gasteiger partial charge on any atom is -0.351 e. The number of nitro groups is 1. The standard InChI is InChI=1S/C21H18ClN3O4/c1-13-9-10-24(20(13)12-23-14(2)26)19-8-7-15(25(28)29)11-17(19)21(27)16-5-3-4-6-18(16)22/h3-11H,12H2,1-2H3,(H,23,26). The number of ketones is 1. The molecule has 0 saturated heterocycles. The van der Waals surface area contributed by atoms with Crippen LogP contribution in [0.2, 0.25) is 5.02 Å². The van der Waals surface area contributed by atoms with Crippen molar-refractivity contribution in [2.45, 2.75) is 20.4 Å². The zero-order valence-corrected chi connectivity index (χ0v) is 16.6. The fourth-order valence-corrected chi connectivity index (χ4v) is 3.26. The lowest BCUT2D eigenvalue weighted by Gasteiger charge is -2.15. The van der Waals surface area contributed by atoms with Crippen LogP contribution >= 0.6 is 11.6 Å². The Kier molecular flexibility index (Phi) is 5.79. The molecule has 0 aliphatic heterocycles. The molecule has 1 heterocycles. The van der Waals surface area contributed by atoms with Crippen molar-refractivity contribution in [3.05, 3.63) is 92.2 Å². The monoisotopic (exact) mass is 411 g/mol. The minimum absolute atomic E-state index is 0.145. The van der Waals surface area contributed by atoms with Gasteiger partial charge in [-0.25, -0.2) is 0 Å². The Balaban J connectivity index is 2.18. The summed E-state index contributed by atoms with van der Waals surface area (Å²) in [6.45, 7) is 3.56. The molecule has 0 saturated carbocycles. The van der Waals surface area contributed by atoms with Gasteiger partial charge in [-0.15, -0.1) is 0 Å². The van der Waals surface area contributed by atoms with Crippen LogP contribution in [0.4, 0.5) is 5.69 Å². The number of hydrogen-bond acceptors (Lipinski definition) is 4. The molecule has 0 atom stereocenters. The first kappa shape index (κ1) is 20.3. The van der Waals surface area contributed by atoms with Crippen LogP contribution in [0.25, 0.3) is 5.69 Å². The van der Waals surface area contributed by atoms with Crippen molar-refractivity contribution in [2.75, 3.05) is 0 Å². The van der Waals surface area contributed by atoms with Gasteiger partial charge in [0.05, 0.1) is 27.7 Å². The normalized spacial score (nSPS) is 10.6. The summed E-state index contributed by atoms with van der Waals surface area (Å²) < 4.78 is 1.75. The first-order valence-corrected chi connectivity index (χ1v) is 9.16. The summed E-state index contributed by atoms with van der Waals surface area (Å²) in [5, 5.41) is 14.3. The minimum atomic E-state index is -0.549. The van der Waals surface area contributed by atoms with E-state index in [1.807, 2.05) is 13.0 Å². The van der Waals surface area contributed by atoms with Gasteiger partial charge in [0.2, 0.25) is 5.91 Å². The number of amides is 1. The molecular formula is C21H18ClN3O4. The van der Waals surface area contributed by atoms with Crippen LogP contribution in [0.5, 0.6) is 0 Å². The molecule has 1 aromatic heterocycles. The Labute approximate surface area is 172 Å². The topological polar surface area (TPSA) is 94.2 Å². The Morgan fingerprint density at radius 1 is 1.14 bits per heavy atom. The van der Waals surface area contributed by atoms with E-state index in [0.717, 1.165) is 11.3 Å². The van der Waals surface area contributed by atoms with E-state index < -0.39 is 10.7 Å². The van der Waals surface area contributed by atoms with E-state index >= 15 is 0 Å². The van der Waals surface area contributed by atoms with Crippen molar-refractivity contribution in [3.63, 3.8) is 0 Å². The van der Waals surface area contributed by atoms with Gasteiger partial charge in [-0.05, 0) is 36.8 Å². The number of non-ortho nitro benzene ring substituents is 1. The van der Waals surface area contributed by atoms with Crippen LogP contribution in [-0.2, 0) is 11.3 Å². The third-order valence-corrected chi connectivity index (χ3v) is 4.87. The number of nitrogens with one attached hydrogen (secondary N) is 1. The smallest absolute Gasteiger partial charge is 0.270 e. The number of halogens is 1. The summed E-state index contributed by atoms with van der Waals surface area (Å²) in [4.78, 5) is 35.3. The molecular weight excluding hydrogens is 394 g/mol. The van der Waals surface area contributed by atoms with Crippen LogP contribution in [-0.4, -0.2) is 21.2 Å². The third kappa shape index (κ3) is 4.20. The number of nitrogens with zero attached hydrogens (tertiary/aromatic N) is 2. The summed E-state index contributed by atoms with van der Waals surface area (Å²) in [5.41, 5.74) is 2.34. The van der Waals surface area contributed by atoms with Crippen LogP contribution in [0.1, 0.15) is 34.1 Å². The molecule has 0 aliphatic rings. The highest BCUT2D eigenvalue weighted by Gasteiger charge is 2.22. The van der Waals surface area contributed by atoms with Crippen molar-refractivity contribution in [2.24, 2.45) is 0 Å². The number of benzene rings is 2. The number of aryl methyl sites for hydroxylation is 1. The molecule has 7 nitrogen and oxygen atoms in total. The molecule has 8 heteroatoms. The predicted molar refractivity (Wildman–Crippen MR) is 110 cm³/mol. The van der Waals surface area contributed by atoms with Crippen molar-refractivity contribution in [3.8, 4) is 5.69 Å². The lowest BCUT2D eigenvalue weighted by molar-refractivity contribution is -0.384. The first-order valence-electron chi connectivity index (χ1n) is 8.79. The van der Waals surface area contributed by atoms with Gasteiger partial charge in [-0.2, -0.15) is 0 Å². The maximum Gasteiger partial charge on any atom is 0.270 e. The summed E-state index contributed by atoms with van der Waals surface area (Å²) in [5.74, 6) is -0.612. The van der Waals surface area contributed by atoms with Gasteiger partial charge in [-0.3, -0.25) is 19.7 Å². The largest absolute Gasteiger partial charge is 0.351 e. The van der Waals surface area contributed by atoms with E-state index in [0.29, 0.717) is 5.69 Å². The van der Waals surface area contributed by atoms with E-state index in [1.165, 1.54) is 25.1 Å². The summed E-state index contributed by atoms with van der Waals surface area (Å²) in [6, 6.07) is 12.5. The fraction of sp³-hybridized carbons (Fsp3) is 0.143. The Morgan fingerprint density at radius 2 is 1.86 bits per heavy atom. The molecule has 148 valence electrons. The number of rotatable bonds is 6. The van der Waals surface area contributed by atoms with Crippen molar-refractivity contribution < 1.29 is 14.5 Å². The molecule has 1 amide bonds. The lowest BCUT2D eigenvalue weighted by Crippen LogP contribution is -2.21. The average Bonchev–Trinajstić information content (AvgIpc) is 3.06. The van der Waals surface area contributed by atoms with Crippen molar-refractivity contribution in [1.29, 1.82) is 0 Å². The zero-order chi connectivity index (χ0) is 21.1. The van der Waals surface area contributed by atoms with Gasteiger partial charge in [0.25, 0.3) is 5.69 Å². The molecule has 1 N–H and O–H groups in total. The maximum atomic E-state index is 13.2. The molecule has 0 aliphatic carbocycles. The second kappa shape index (κ2) is 8.28. The highest BCUT2D eigenvalue weighted by Crippen LogP contribution is 2.28. The number of aromatic nitrogens is 1. The highest BCUT2D eigenvalue weighted by molar-refractivity contribution is 6.35. The van der Waals surface area contributed by atoms with Crippen LogP contribution in [0.15, 0.2) is 54.7 Å². The number of carbonyl (C=O) groups is 2. The Morgan fingerprint density at radius 3 is 2.52 bits per heavy atom. The van der Waals surface area contributed by atoms with Crippen LogP contribution < -0.4 is 5.32 Å². The number of nitro benzene ring substituents is 1. The van der Waals surface area contributed by atoms with Gasteiger partial charge in [0, 0.05) is 36.5 Å². The fourth-order valence-electron chi connectivity index (χ4n) is 3.04. The third-order valence-electron chi connectivity index (χ3n) is 4.54. The molecule has 3 aromatic rings. The van der Waals surface area contributed by atoms with Crippen LogP contribution in [0, 0.1) is 17.0 Å². The van der Waals surface area contributed by atoms with Gasteiger partial charge < -0.3 is 9.88 Å². The molecule has 0 spiro atoms. The number of carbonyl (C=O) groups excluding carboxylic acids is 2. The van der Waals surface area contributed by atoms with Gasteiger partial charge in [0.15, 0.2) is 5.78 Å². The maximum absolute atomic E-state index is 13.2. The van der Waals surface area contributed by atoms with E-state index in [4.69, 9.17) is 11.6 Å². The van der Waals surface area contributed by atoms with Gasteiger partial charge >= 0.3 is 0 Å². The van der Waals surface area contributed by atoms with Crippen molar-refractivity contribution >= 4 is 29.0 Å². The molecule has 3 rings (SSSR count). The molecule has 0 unspecified atom stereocenters. The quantitative estimate of drug-likeness (QED) is 0.373. The molecule has 0 radical (unpaired) electrons. The SMILES string of the molecule is CC(=O)NCc1c(C)ccn1-c1ccc([N+](=O)[O-])cc1C(=O)c1ccccc1Cl. The Bertz CT molecular complexity index is 1120.